The van der Waals surface area contributed by atoms with Crippen LogP contribution in [0.4, 0.5) is 0 Å². The molecule has 1 aliphatic heterocycles. The van der Waals surface area contributed by atoms with Crippen LogP contribution >= 0.6 is 0 Å². The largest absolute Gasteiger partial charge is 0.497 e. The first-order chi connectivity index (χ1) is 15.0. The van der Waals surface area contributed by atoms with Crippen LogP contribution in [0.15, 0.2) is 47.3 Å². The van der Waals surface area contributed by atoms with Gasteiger partial charge >= 0.3 is 0 Å². The van der Waals surface area contributed by atoms with E-state index in [2.05, 4.69) is 9.97 Å². The van der Waals surface area contributed by atoms with Crippen molar-refractivity contribution in [3.05, 3.63) is 69.6 Å². The maximum absolute atomic E-state index is 13.1. The van der Waals surface area contributed by atoms with Gasteiger partial charge in [-0.25, -0.2) is 4.98 Å². The Bertz CT molecular complexity index is 1170. The van der Waals surface area contributed by atoms with E-state index in [1.165, 1.54) is 7.11 Å². The molecule has 160 valence electrons. The van der Waals surface area contributed by atoms with E-state index in [1.54, 1.807) is 37.3 Å². The predicted octanol–water partition coefficient (Wildman–Crippen LogP) is 2.66. The number of carbonyl (C=O) groups is 1. The monoisotopic (exact) mass is 421 g/mol. The first-order valence-corrected chi connectivity index (χ1v) is 9.82. The summed E-state index contributed by atoms with van der Waals surface area (Å²) < 4.78 is 15.7. The minimum atomic E-state index is -0.241. The van der Waals surface area contributed by atoms with E-state index in [0.29, 0.717) is 47.1 Å². The molecule has 4 rings (SSSR count). The molecule has 0 aliphatic carbocycles. The summed E-state index contributed by atoms with van der Waals surface area (Å²) in [4.78, 5) is 35.0. The molecule has 0 spiro atoms. The first kappa shape index (κ1) is 20.5. The summed E-state index contributed by atoms with van der Waals surface area (Å²) in [6.45, 7) is 0.647. The zero-order chi connectivity index (χ0) is 22.0. The van der Waals surface area contributed by atoms with E-state index >= 15 is 0 Å². The lowest BCUT2D eigenvalue weighted by atomic mass is 10.0. The summed E-state index contributed by atoms with van der Waals surface area (Å²) in [6.07, 6.45) is 0.493. The number of amides is 1. The van der Waals surface area contributed by atoms with E-state index in [-0.39, 0.29) is 18.0 Å². The average Bonchev–Trinajstić information content (AvgIpc) is 2.83. The SMILES string of the molecule is COc1ccc(-c2nc3c(c(=O)[nH]2)CN(C(=O)c2ccc(OC)cc2OC)CC3)cc1. The van der Waals surface area contributed by atoms with Crippen molar-refractivity contribution in [3.63, 3.8) is 0 Å². The molecule has 0 atom stereocenters. The molecule has 0 unspecified atom stereocenters. The highest BCUT2D eigenvalue weighted by atomic mass is 16.5. The van der Waals surface area contributed by atoms with Crippen molar-refractivity contribution in [1.29, 1.82) is 0 Å². The lowest BCUT2D eigenvalue weighted by Gasteiger charge is -2.28. The molecule has 2 heterocycles. The minimum absolute atomic E-state index is 0.189. The number of hydrogen-bond donors (Lipinski definition) is 1. The summed E-state index contributed by atoms with van der Waals surface area (Å²) in [7, 11) is 4.66. The van der Waals surface area contributed by atoms with E-state index in [0.717, 1.165) is 11.3 Å². The molecule has 8 nitrogen and oxygen atoms in total. The van der Waals surface area contributed by atoms with Gasteiger partial charge in [-0.05, 0) is 36.4 Å². The van der Waals surface area contributed by atoms with Crippen molar-refractivity contribution < 1.29 is 19.0 Å². The summed E-state index contributed by atoms with van der Waals surface area (Å²) >= 11 is 0. The molecule has 1 N–H and O–H groups in total. The van der Waals surface area contributed by atoms with Gasteiger partial charge < -0.3 is 24.1 Å². The highest BCUT2D eigenvalue weighted by molar-refractivity contribution is 5.97. The van der Waals surface area contributed by atoms with Gasteiger partial charge in [0, 0.05) is 24.6 Å². The number of methoxy groups -OCH3 is 3. The number of hydrogen-bond acceptors (Lipinski definition) is 6. The molecule has 1 amide bonds. The van der Waals surface area contributed by atoms with Crippen LogP contribution in [0.3, 0.4) is 0 Å². The Morgan fingerprint density at radius 2 is 1.71 bits per heavy atom. The first-order valence-electron chi connectivity index (χ1n) is 9.82. The van der Waals surface area contributed by atoms with Crippen molar-refractivity contribution in [2.75, 3.05) is 27.9 Å². The lowest BCUT2D eigenvalue weighted by Crippen LogP contribution is -2.39. The number of carbonyl (C=O) groups excluding carboxylic acids is 1. The van der Waals surface area contributed by atoms with E-state index in [9.17, 15) is 9.59 Å². The Kier molecular flexibility index (Phi) is 5.62. The Hall–Kier alpha value is -3.81. The maximum Gasteiger partial charge on any atom is 0.257 e. The van der Waals surface area contributed by atoms with Crippen LogP contribution in [-0.2, 0) is 13.0 Å². The molecular weight excluding hydrogens is 398 g/mol. The summed E-state index contributed by atoms with van der Waals surface area (Å²) in [5, 5.41) is 0. The second-order valence-corrected chi connectivity index (χ2v) is 7.11. The van der Waals surface area contributed by atoms with Crippen LogP contribution in [0.2, 0.25) is 0 Å². The third-order valence-electron chi connectivity index (χ3n) is 5.36. The van der Waals surface area contributed by atoms with Gasteiger partial charge in [0.05, 0.1) is 44.7 Å². The summed E-state index contributed by atoms with van der Waals surface area (Å²) in [5.74, 6) is 2.06. The van der Waals surface area contributed by atoms with Crippen LogP contribution in [-0.4, -0.2) is 48.6 Å². The smallest absolute Gasteiger partial charge is 0.257 e. The van der Waals surface area contributed by atoms with Crippen LogP contribution in [0, 0.1) is 0 Å². The van der Waals surface area contributed by atoms with E-state index in [1.807, 2.05) is 24.3 Å². The number of nitrogens with one attached hydrogen (secondary N) is 1. The molecule has 0 fully saturated rings. The van der Waals surface area contributed by atoms with Crippen LogP contribution < -0.4 is 19.8 Å². The van der Waals surface area contributed by atoms with Gasteiger partial charge in [-0.15, -0.1) is 0 Å². The molecular formula is C23H23N3O5. The zero-order valence-electron chi connectivity index (χ0n) is 17.6. The van der Waals surface area contributed by atoms with Gasteiger partial charge in [0.2, 0.25) is 0 Å². The molecule has 3 aromatic rings. The van der Waals surface area contributed by atoms with Crippen molar-refractivity contribution in [3.8, 4) is 28.6 Å². The minimum Gasteiger partial charge on any atom is -0.497 e. The lowest BCUT2D eigenvalue weighted by molar-refractivity contribution is 0.0729. The average molecular weight is 421 g/mol. The number of rotatable bonds is 5. The van der Waals surface area contributed by atoms with Gasteiger partial charge in [0.25, 0.3) is 11.5 Å². The van der Waals surface area contributed by atoms with Gasteiger partial charge in [-0.2, -0.15) is 0 Å². The Labute approximate surface area is 179 Å². The molecule has 0 saturated carbocycles. The number of aromatic nitrogens is 2. The predicted molar refractivity (Wildman–Crippen MR) is 115 cm³/mol. The molecule has 1 aliphatic rings. The van der Waals surface area contributed by atoms with Crippen molar-refractivity contribution in [2.45, 2.75) is 13.0 Å². The zero-order valence-corrected chi connectivity index (χ0v) is 17.6. The van der Waals surface area contributed by atoms with Gasteiger partial charge in [0.15, 0.2) is 0 Å². The summed E-state index contributed by atoms with van der Waals surface area (Å²) in [6, 6.07) is 12.4. The number of ether oxygens (including phenoxy) is 3. The van der Waals surface area contributed by atoms with Crippen LogP contribution in [0.1, 0.15) is 21.6 Å². The van der Waals surface area contributed by atoms with Crippen molar-refractivity contribution in [2.24, 2.45) is 0 Å². The molecule has 8 heteroatoms. The fourth-order valence-corrected chi connectivity index (χ4v) is 3.63. The standard InChI is InChI=1S/C23H23N3O5/c1-29-15-6-4-14(5-7-15)21-24-19-10-11-26(13-18(19)22(27)25-21)23(28)17-9-8-16(30-2)12-20(17)31-3/h4-9,12H,10-11,13H2,1-3H3,(H,24,25,27). The molecule has 1 aromatic heterocycles. The van der Waals surface area contributed by atoms with Crippen LogP contribution in [0.25, 0.3) is 11.4 Å². The van der Waals surface area contributed by atoms with E-state index < -0.39 is 0 Å². The fourth-order valence-electron chi connectivity index (χ4n) is 3.63. The maximum atomic E-state index is 13.1. The normalized spacial score (nSPS) is 12.8. The van der Waals surface area contributed by atoms with Gasteiger partial charge in [0.1, 0.15) is 23.1 Å². The highest BCUT2D eigenvalue weighted by Crippen LogP contribution is 2.27. The van der Waals surface area contributed by atoms with Gasteiger partial charge in [-0.3, -0.25) is 9.59 Å². The fraction of sp³-hybridized carbons (Fsp3) is 0.261. The number of aromatic amines is 1. The third kappa shape index (κ3) is 3.96. The molecule has 0 radical (unpaired) electrons. The van der Waals surface area contributed by atoms with E-state index in [4.69, 9.17) is 14.2 Å². The Balaban J connectivity index is 1.60. The third-order valence-corrected chi connectivity index (χ3v) is 5.36. The Morgan fingerprint density at radius 1 is 1.00 bits per heavy atom. The summed E-state index contributed by atoms with van der Waals surface area (Å²) in [5.41, 5.74) is 2.19. The number of nitrogens with zero attached hydrogens (tertiary/aromatic N) is 2. The number of fused-ring (bicyclic) bond motifs is 1. The molecule has 31 heavy (non-hydrogen) atoms. The second-order valence-electron chi connectivity index (χ2n) is 7.11. The molecule has 2 aromatic carbocycles. The molecule has 0 bridgehead atoms. The van der Waals surface area contributed by atoms with Crippen molar-refractivity contribution in [1.82, 2.24) is 14.9 Å². The van der Waals surface area contributed by atoms with Crippen molar-refractivity contribution >= 4 is 5.91 Å². The quantitative estimate of drug-likeness (QED) is 0.681. The molecule has 0 saturated heterocycles. The van der Waals surface area contributed by atoms with Crippen LogP contribution in [0.5, 0.6) is 17.2 Å². The number of H-pyrrole nitrogens is 1. The van der Waals surface area contributed by atoms with Gasteiger partial charge in [-0.1, -0.05) is 0 Å². The Morgan fingerprint density at radius 3 is 2.39 bits per heavy atom. The highest BCUT2D eigenvalue weighted by Gasteiger charge is 2.27. The topological polar surface area (TPSA) is 93.8 Å². The number of benzene rings is 2. The second kappa shape index (κ2) is 8.51.